The van der Waals surface area contributed by atoms with Crippen molar-refractivity contribution in [3.63, 3.8) is 0 Å². The van der Waals surface area contributed by atoms with E-state index in [1.165, 1.54) is 10.9 Å². The summed E-state index contributed by atoms with van der Waals surface area (Å²) in [6.45, 7) is 2.36. The smallest absolute Gasteiger partial charge is 0.263 e. The van der Waals surface area contributed by atoms with Crippen LogP contribution in [0.2, 0.25) is 0 Å². The minimum Gasteiger partial charge on any atom is -0.263 e. The van der Waals surface area contributed by atoms with Crippen LogP contribution in [0.3, 0.4) is 0 Å². The summed E-state index contributed by atoms with van der Waals surface area (Å²) in [5.74, 6) is -0.985. The van der Waals surface area contributed by atoms with Crippen molar-refractivity contribution in [1.82, 2.24) is 24.8 Å². The zero-order valence-electron chi connectivity index (χ0n) is 11.9. The van der Waals surface area contributed by atoms with Crippen molar-refractivity contribution < 1.29 is 21.6 Å². The highest BCUT2D eigenvalue weighted by atomic mass is 32.2. The number of aryl methyl sites for hydroxylation is 2. The average molecular weight is 337 g/mol. The third kappa shape index (κ3) is 3.84. The third-order valence-corrected chi connectivity index (χ3v) is 4.34. The van der Waals surface area contributed by atoms with Crippen LogP contribution in [0.5, 0.6) is 0 Å². The summed E-state index contributed by atoms with van der Waals surface area (Å²) in [5.41, 5.74) is -0.902. The maximum absolute atomic E-state index is 12.7. The largest absolute Gasteiger partial charge is 0.433 e. The van der Waals surface area contributed by atoms with Gasteiger partial charge in [0.15, 0.2) is 9.84 Å². The lowest BCUT2D eigenvalue weighted by atomic mass is 10.3. The summed E-state index contributed by atoms with van der Waals surface area (Å²) in [5, 5.41) is 11.0. The van der Waals surface area contributed by atoms with E-state index in [9.17, 15) is 21.6 Å². The molecule has 11 heteroatoms. The molecule has 0 fully saturated rings. The Morgan fingerprint density at radius 1 is 1.23 bits per heavy atom. The number of alkyl halides is 3. The van der Waals surface area contributed by atoms with Gasteiger partial charge in [-0.1, -0.05) is 5.21 Å². The minimum absolute atomic E-state index is 0.155. The maximum atomic E-state index is 12.7. The summed E-state index contributed by atoms with van der Waals surface area (Å²) in [7, 11) is -2.57. The Labute approximate surface area is 124 Å². The fourth-order valence-electron chi connectivity index (χ4n) is 1.92. The fraction of sp³-hybridized carbons (Fsp3) is 0.545. The van der Waals surface area contributed by atoms with Gasteiger partial charge >= 0.3 is 6.18 Å². The van der Waals surface area contributed by atoms with E-state index in [1.807, 2.05) is 6.92 Å². The van der Waals surface area contributed by atoms with Crippen molar-refractivity contribution >= 4 is 9.84 Å². The number of sulfone groups is 1. The Bertz CT molecular complexity index is 763. The van der Waals surface area contributed by atoms with Crippen LogP contribution in [-0.4, -0.2) is 33.2 Å². The minimum atomic E-state index is -4.58. The first-order chi connectivity index (χ1) is 10.1. The normalized spacial score (nSPS) is 12.8. The monoisotopic (exact) mass is 337 g/mol. The first kappa shape index (κ1) is 16.5. The second-order valence-corrected chi connectivity index (χ2v) is 6.80. The van der Waals surface area contributed by atoms with Crippen LogP contribution in [0, 0.1) is 0 Å². The van der Waals surface area contributed by atoms with Gasteiger partial charge in [-0.25, -0.2) is 8.42 Å². The topological polar surface area (TPSA) is 82.7 Å². The number of hydrogen-bond acceptors (Lipinski definition) is 5. The molecule has 0 saturated heterocycles. The van der Waals surface area contributed by atoms with Gasteiger partial charge in [-0.15, -0.1) is 5.10 Å². The molecule has 0 saturated carbocycles. The predicted octanol–water partition coefficient (Wildman–Crippen LogP) is 1.17. The highest BCUT2D eigenvalue weighted by Gasteiger charge is 2.35. The number of nitrogens with zero attached hydrogens (tertiary/aromatic N) is 5. The van der Waals surface area contributed by atoms with E-state index in [0.717, 1.165) is 13.1 Å². The molecule has 2 aromatic heterocycles. The van der Waals surface area contributed by atoms with E-state index in [2.05, 4.69) is 15.4 Å². The van der Waals surface area contributed by atoms with E-state index in [4.69, 9.17) is 0 Å². The molecule has 2 heterocycles. The predicted molar refractivity (Wildman–Crippen MR) is 70.2 cm³/mol. The van der Waals surface area contributed by atoms with Gasteiger partial charge in [0.1, 0.15) is 5.69 Å². The van der Waals surface area contributed by atoms with Gasteiger partial charge in [-0.05, 0) is 13.0 Å². The molecule has 0 spiro atoms. The lowest BCUT2D eigenvalue weighted by Crippen LogP contribution is -2.11. The van der Waals surface area contributed by atoms with Gasteiger partial charge in [0.05, 0.1) is 22.9 Å². The van der Waals surface area contributed by atoms with Crippen molar-refractivity contribution in [2.24, 2.45) is 7.05 Å². The van der Waals surface area contributed by atoms with Gasteiger partial charge in [0, 0.05) is 19.8 Å². The molecular weight excluding hydrogens is 323 g/mol. The maximum Gasteiger partial charge on any atom is 0.433 e. The van der Waals surface area contributed by atoms with E-state index in [-0.39, 0.29) is 11.4 Å². The van der Waals surface area contributed by atoms with Crippen molar-refractivity contribution in [2.45, 2.75) is 31.2 Å². The van der Waals surface area contributed by atoms with Gasteiger partial charge in [-0.2, -0.15) is 18.3 Å². The first-order valence-electron chi connectivity index (χ1n) is 6.30. The summed E-state index contributed by atoms with van der Waals surface area (Å²) in [4.78, 5) is 0. The number of rotatable bonds is 5. The van der Waals surface area contributed by atoms with E-state index in [0.29, 0.717) is 11.2 Å². The van der Waals surface area contributed by atoms with Crippen LogP contribution >= 0.6 is 0 Å². The molecule has 0 aliphatic rings. The molecule has 0 amide bonds. The molecule has 0 bridgehead atoms. The average Bonchev–Trinajstić information content (AvgIpc) is 2.94. The van der Waals surface area contributed by atoms with Crippen LogP contribution in [0.15, 0.2) is 12.3 Å². The van der Waals surface area contributed by atoms with Crippen LogP contribution < -0.4 is 0 Å². The van der Waals surface area contributed by atoms with Gasteiger partial charge in [0.25, 0.3) is 0 Å². The van der Waals surface area contributed by atoms with Crippen molar-refractivity contribution in [2.75, 3.05) is 0 Å². The van der Waals surface area contributed by atoms with Crippen molar-refractivity contribution in [1.29, 1.82) is 0 Å². The summed E-state index contributed by atoms with van der Waals surface area (Å²) < 4.78 is 64.1. The SMILES string of the molecule is CCn1cc(CS(=O)(=O)Cc2cc(C(F)(F)F)n(C)n2)nn1. The lowest BCUT2D eigenvalue weighted by Gasteiger charge is -2.04. The quantitative estimate of drug-likeness (QED) is 0.818. The second-order valence-electron chi connectivity index (χ2n) is 4.74. The highest BCUT2D eigenvalue weighted by molar-refractivity contribution is 7.89. The molecule has 2 rings (SSSR count). The second kappa shape index (κ2) is 5.71. The third-order valence-electron chi connectivity index (χ3n) is 2.87. The van der Waals surface area contributed by atoms with Crippen LogP contribution in [-0.2, 0) is 41.1 Å². The Kier molecular flexibility index (Phi) is 4.27. The van der Waals surface area contributed by atoms with Crippen LogP contribution in [0.25, 0.3) is 0 Å². The summed E-state index contributed by atoms with van der Waals surface area (Å²) in [6, 6.07) is 0.737. The van der Waals surface area contributed by atoms with Crippen LogP contribution in [0.4, 0.5) is 13.2 Å². The standard InChI is InChI=1S/C11H14F3N5O2S/c1-3-19-5-9(15-17-19)7-22(20,21)6-8-4-10(11(12,13)14)18(2)16-8/h4-5H,3,6-7H2,1-2H3. The van der Waals surface area contributed by atoms with Gasteiger partial charge in [-0.3, -0.25) is 9.36 Å². The molecule has 0 aromatic carbocycles. The molecule has 0 radical (unpaired) electrons. The molecule has 2 aromatic rings. The highest BCUT2D eigenvalue weighted by Crippen LogP contribution is 2.29. The van der Waals surface area contributed by atoms with Gasteiger partial charge < -0.3 is 0 Å². The zero-order valence-corrected chi connectivity index (χ0v) is 12.7. The molecule has 0 unspecified atom stereocenters. The number of halogens is 3. The van der Waals surface area contributed by atoms with E-state index >= 15 is 0 Å². The molecule has 0 atom stereocenters. The first-order valence-corrected chi connectivity index (χ1v) is 8.12. The molecule has 22 heavy (non-hydrogen) atoms. The summed E-state index contributed by atoms with van der Waals surface area (Å²) in [6.07, 6.45) is -3.09. The Balaban J connectivity index is 2.15. The number of aromatic nitrogens is 5. The Hall–Kier alpha value is -1.91. The lowest BCUT2D eigenvalue weighted by molar-refractivity contribution is -0.143. The van der Waals surface area contributed by atoms with Crippen molar-refractivity contribution in [3.8, 4) is 0 Å². The number of hydrogen-bond donors (Lipinski definition) is 0. The van der Waals surface area contributed by atoms with Crippen LogP contribution in [0.1, 0.15) is 24.0 Å². The molecule has 122 valence electrons. The van der Waals surface area contributed by atoms with Crippen molar-refractivity contribution in [3.05, 3.63) is 29.3 Å². The zero-order chi connectivity index (χ0) is 16.5. The molecule has 0 aliphatic heterocycles. The van der Waals surface area contributed by atoms with Gasteiger partial charge in [0.2, 0.25) is 0 Å². The molecular formula is C11H14F3N5O2S. The summed E-state index contributed by atoms with van der Waals surface area (Å²) >= 11 is 0. The van der Waals surface area contributed by atoms with E-state index < -0.39 is 33.2 Å². The molecule has 0 aliphatic carbocycles. The molecule has 0 N–H and O–H groups in total. The molecule has 7 nitrogen and oxygen atoms in total. The Morgan fingerprint density at radius 2 is 1.86 bits per heavy atom. The fourth-order valence-corrected chi connectivity index (χ4v) is 3.20. The Morgan fingerprint density at radius 3 is 2.36 bits per heavy atom. The van der Waals surface area contributed by atoms with E-state index in [1.54, 1.807) is 0 Å².